The van der Waals surface area contributed by atoms with Crippen LogP contribution in [0.5, 0.6) is 11.5 Å². The van der Waals surface area contributed by atoms with Crippen molar-refractivity contribution in [2.45, 2.75) is 12.3 Å². The molecule has 0 N–H and O–H groups in total. The van der Waals surface area contributed by atoms with Gasteiger partial charge in [-0.15, -0.1) is 0 Å². The maximum Gasteiger partial charge on any atom is 0.368 e. The molecule has 8 heteroatoms. The van der Waals surface area contributed by atoms with E-state index in [0.717, 1.165) is 6.07 Å². The lowest BCUT2D eigenvalue weighted by Gasteiger charge is -2.21. The second-order valence-corrected chi connectivity index (χ2v) is 4.58. The van der Waals surface area contributed by atoms with Gasteiger partial charge in [0, 0.05) is 10.0 Å². The third-order valence-electron chi connectivity index (χ3n) is 2.45. The Balaban J connectivity index is 2.43. The average Bonchev–Trinajstić information content (AvgIpc) is 2.36. The van der Waals surface area contributed by atoms with Crippen molar-refractivity contribution in [2.24, 2.45) is 0 Å². The molecule has 1 heterocycles. The van der Waals surface area contributed by atoms with Gasteiger partial charge in [-0.2, -0.15) is 8.78 Å². The Morgan fingerprint density at radius 1 is 1.21 bits per heavy atom. The second-order valence-electron chi connectivity index (χ2n) is 3.73. The van der Waals surface area contributed by atoms with Gasteiger partial charge in [0.05, 0.1) is 0 Å². The number of carbonyl (C=O) groups is 1. The summed E-state index contributed by atoms with van der Waals surface area (Å²) >= 11 is 2.88. The van der Waals surface area contributed by atoms with E-state index in [1.807, 2.05) is 0 Å². The first-order valence-corrected chi connectivity index (χ1v) is 5.93. The van der Waals surface area contributed by atoms with Crippen molar-refractivity contribution in [3.63, 3.8) is 0 Å². The van der Waals surface area contributed by atoms with Crippen LogP contribution in [0.15, 0.2) is 16.6 Å². The summed E-state index contributed by atoms with van der Waals surface area (Å²) in [6, 6.07) is 2.21. The van der Waals surface area contributed by atoms with E-state index in [2.05, 4.69) is 15.9 Å². The van der Waals surface area contributed by atoms with Gasteiger partial charge in [-0.1, -0.05) is 0 Å². The number of ether oxygens (including phenoxy) is 2. The molecule has 1 aliphatic heterocycles. The summed E-state index contributed by atoms with van der Waals surface area (Å²) in [7, 11) is 0. The Labute approximate surface area is 113 Å². The van der Waals surface area contributed by atoms with Crippen LogP contribution < -0.4 is 9.47 Å². The molecule has 2 rings (SSSR count). The summed E-state index contributed by atoms with van der Waals surface area (Å²) in [5, 5.41) is 0. The summed E-state index contributed by atoms with van der Waals surface area (Å²) in [5.74, 6) is -6.38. The first kappa shape index (κ1) is 14.1. The molecule has 0 spiro atoms. The standard InChI is InChI=1S/C11H7BrF4O3/c12-6-4-8-7(18-1-2-19-8)3-5(6)9(17)11(15,16)10(13)14/h3-4,10H,1-2H2. The number of alkyl halides is 4. The van der Waals surface area contributed by atoms with Crippen LogP contribution in [0.25, 0.3) is 0 Å². The number of Topliss-reactive ketones (excluding diaryl/α,β-unsaturated/α-hetero) is 1. The normalized spacial score (nSPS) is 14.6. The molecule has 0 aliphatic carbocycles. The van der Waals surface area contributed by atoms with E-state index in [1.54, 1.807) is 0 Å². The fraction of sp³-hybridized carbons (Fsp3) is 0.364. The quantitative estimate of drug-likeness (QED) is 0.624. The van der Waals surface area contributed by atoms with E-state index in [1.165, 1.54) is 6.07 Å². The van der Waals surface area contributed by atoms with Crippen molar-refractivity contribution in [1.82, 2.24) is 0 Å². The van der Waals surface area contributed by atoms with E-state index in [4.69, 9.17) is 9.47 Å². The number of halogens is 5. The number of hydrogen-bond acceptors (Lipinski definition) is 3. The molecule has 0 atom stereocenters. The Hall–Kier alpha value is -1.31. The molecule has 0 amide bonds. The summed E-state index contributed by atoms with van der Waals surface area (Å²) in [6.07, 6.45) is -4.07. The van der Waals surface area contributed by atoms with Crippen molar-refractivity contribution in [3.05, 3.63) is 22.2 Å². The van der Waals surface area contributed by atoms with Crippen LogP contribution in [-0.2, 0) is 0 Å². The largest absolute Gasteiger partial charge is 0.486 e. The van der Waals surface area contributed by atoms with Crippen molar-refractivity contribution in [1.29, 1.82) is 0 Å². The number of benzene rings is 1. The molecular formula is C11H7BrF4O3. The van der Waals surface area contributed by atoms with Crippen LogP contribution in [0.1, 0.15) is 10.4 Å². The monoisotopic (exact) mass is 342 g/mol. The van der Waals surface area contributed by atoms with Crippen molar-refractivity contribution in [3.8, 4) is 11.5 Å². The van der Waals surface area contributed by atoms with Gasteiger partial charge in [0.15, 0.2) is 11.5 Å². The van der Waals surface area contributed by atoms with Gasteiger partial charge in [0.25, 0.3) is 0 Å². The van der Waals surface area contributed by atoms with Crippen LogP contribution in [0, 0.1) is 0 Å². The maximum atomic E-state index is 13.0. The molecule has 0 saturated heterocycles. The minimum Gasteiger partial charge on any atom is -0.486 e. The van der Waals surface area contributed by atoms with Crippen molar-refractivity contribution in [2.75, 3.05) is 13.2 Å². The van der Waals surface area contributed by atoms with E-state index in [9.17, 15) is 22.4 Å². The topological polar surface area (TPSA) is 35.5 Å². The van der Waals surface area contributed by atoms with Gasteiger partial charge in [-0.25, -0.2) is 8.78 Å². The maximum absolute atomic E-state index is 13.0. The summed E-state index contributed by atoms with van der Waals surface area (Å²) < 4.78 is 60.7. The highest BCUT2D eigenvalue weighted by Crippen LogP contribution is 2.38. The van der Waals surface area contributed by atoms with Gasteiger partial charge in [-0.3, -0.25) is 4.79 Å². The Morgan fingerprint density at radius 2 is 1.74 bits per heavy atom. The fourth-order valence-electron chi connectivity index (χ4n) is 1.52. The minimum absolute atomic E-state index is 0.0536. The second kappa shape index (κ2) is 4.99. The average molecular weight is 343 g/mol. The Bertz CT molecular complexity index is 519. The molecule has 3 nitrogen and oxygen atoms in total. The molecule has 0 fully saturated rings. The van der Waals surface area contributed by atoms with E-state index >= 15 is 0 Å². The molecular weight excluding hydrogens is 336 g/mol. The lowest BCUT2D eigenvalue weighted by Crippen LogP contribution is -2.36. The molecule has 0 saturated carbocycles. The van der Waals surface area contributed by atoms with Crippen molar-refractivity contribution >= 4 is 21.7 Å². The third-order valence-corrected chi connectivity index (χ3v) is 3.11. The highest BCUT2D eigenvalue weighted by atomic mass is 79.9. The molecule has 1 aromatic rings. The lowest BCUT2D eigenvalue weighted by molar-refractivity contribution is -0.0958. The van der Waals surface area contributed by atoms with Crippen LogP contribution in [-0.4, -0.2) is 31.3 Å². The third kappa shape index (κ3) is 2.54. The zero-order chi connectivity index (χ0) is 14.2. The smallest absolute Gasteiger partial charge is 0.368 e. The fourth-order valence-corrected chi connectivity index (χ4v) is 2.02. The van der Waals surface area contributed by atoms with Gasteiger partial charge in [0.2, 0.25) is 5.78 Å². The highest BCUT2D eigenvalue weighted by molar-refractivity contribution is 9.10. The zero-order valence-electron chi connectivity index (χ0n) is 9.26. The molecule has 1 aliphatic rings. The first-order chi connectivity index (χ1) is 8.84. The SMILES string of the molecule is O=C(c1cc2c(cc1Br)OCCO2)C(F)(F)C(F)F. The predicted molar refractivity (Wildman–Crippen MR) is 60.4 cm³/mol. The van der Waals surface area contributed by atoms with E-state index < -0.39 is 23.7 Å². The Morgan fingerprint density at radius 3 is 2.26 bits per heavy atom. The number of carbonyl (C=O) groups excluding carboxylic acids is 1. The summed E-state index contributed by atoms with van der Waals surface area (Å²) in [5.41, 5.74) is -0.574. The summed E-state index contributed by atoms with van der Waals surface area (Å²) in [6.45, 7) is 0.466. The number of fused-ring (bicyclic) bond motifs is 1. The van der Waals surface area contributed by atoms with Crippen molar-refractivity contribution < 1.29 is 31.8 Å². The van der Waals surface area contributed by atoms with E-state index in [0.29, 0.717) is 0 Å². The molecule has 0 unspecified atom stereocenters. The molecule has 19 heavy (non-hydrogen) atoms. The number of ketones is 1. The molecule has 1 aromatic carbocycles. The number of hydrogen-bond donors (Lipinski definition) is 0. The molecule has 104 valence electrons. The molecule has 0 radical (unpaired) electrons. The minimum atomic E-state index is -4.74. The molecule has 0 aromatic heterocycles. The highest BCUT2D eigenvalue weighted by Gasteiger charge is 2.49. The van der Waals surface area contributed by atoms with Crippen LogP contribution in [0.3, 0.4) is 0 Å². The number of rotatable bonds is 3. The molecule has 0 bridgehead atoms. The lowest BCUT2D eigenvalue weighted by atomic mass is 10.0. The van der Waals surface area contributed by atoms with Crippen LogP contribution in [0.2, 0.25) is 0 Å². The summed E-state index contributed by atoms with van der Waals surface area (Å²) in [4.78, 5) is 11.5. The zero-order valence-corrected chi connectivity index (χ0v) is 10.8. The van der Waals surface area contributed by atoms with Crippen LogP contribution >= 0.6 is 15.9 Å². The predicted octanol–water partition coefficient (Wildman–Crippen LogP) is 3.30. The van der Waals surface area contributed by atoms with Crippen LogP contribution in [0.4, 0.5) is 17.6 Å². The van der Waals surface area contributed by atoms with Gasteiger partial charge < -0.3 is 9.47 Å². The van der Waals surface area contributed by atoms with Gasteiger partial charge in [0.1, 0.15) is 13.2 Å². The van der Waals surface area contributed by atoms with Gasteiger partial charge in [-0.05, 0) is 28.1 Å². The first-order valence-electron chi connectivity index (χ1n) is 5.14. The van der Waals surface area contributed by atoms with Gasteiger partial charge >= 0.3 is 12.3 Å². The Kier molecular flexibility index (Phi) is 3.71. The van der Waals surface area contributed by atoms with E-state index in [-0.39, 0.29) is 29.2 Å².